The minimum absolute atomic E-state index is 0.361. The van der Waals surface area contributed by atoms with Crippen LogP contribution >= 0.6 is 0 Å². The molecule has 4 rings (SSSR count). The first-order valence-corrected chi connectivity index (χ1v) is 12.8. The van der Waals surface area contributed by atoms with E-state index in [2.05, 4.69) is 67.6 Å². The van der Waals surface area contributed by atoms with Crippen LogP contribution in [-0.4, -0.2) is 8.80 Å². The van der Waals surface area contributed by atoms with Crippen molar-refractivity contribution in [2.75, 3.05) is 0 Å². The van der Waals surface area contributed by atoms with E-state index in [-0.39, 0.29) is 5.04 Å². The fourth-order valence-electron chi connectivity index (χ4n) is 3.83. The van der Waals surface area contributed by atoms with Crippen LogP contribution in [0.15, 0.2) is 115 Å². The molecule has 0 spiro atoms. The molecule has 0 radical (unpaired) electrons. The summed E-state index contributed by atoms with van der Waals surface area (Å²) in [6, 6.07) is 30.7. The third kappa shape index (κ3) is 5.53. The summed E-state index contributed by atoms with van der Waals surface area (Å²) in [4.78, 5) is 0. The topological polar surface area (TPSA) is 27.7 Å². The van der Waals surface area contributed by atoms with E-state index in [1.807, 2.05) is 54.6 Å². The Labute approximate surface area is 192 Å². The van der Waals surface area contributed by atoms with Crippen LogP contribution in [-0.2, 0) is 33.1 Å². The Balaban J connectivity index is 1.65. The van der Waals surface area contributed by atoms with Gasteiger partial charge in [-0.3, -0.25) is 0 Å². The molecule has 0 saturated heterocycles. The average molecular weight is 443 g/mol. The van der Waals surface area contributed by atoms with Gasteiger partial charge in [0.05, 0.1) is 24.9 Å². The maximum atomic E-state index is 6.71. The van der Waals surface area contributed by atoms with Gasteiger partial charge in [0.1, 0.15) is 0 Å². The summed E-state index contributed by atoms with van der Waals surface area (Å²) in [6.45, 7) is 3.54. The molecular formula is C28H30O3Si. The Bertz CT molecular complexity index is 912. The van der Waals surface area contributed by atoms with Crippen molar-refractivity contribution in [2.45, 2.75) is 38.2 Å². The van der Waals surface area contributed by atoms with Crippen molar-refractivity contribution >= 4 is 8.80 Å². The van der Waals surface area contributed by atoms with Crippen molar-refractivity contribution in [3.05, 3.63) is 132 Å². The Kier molecular flexibility index (Phi) is 7.50. The minimum Gasteiger partial charge on any atom is -0.368 e. The van der Waals surface area contributed by atoms with Crippen LogP contribution in [0.5, 0.6) is 0 Å². The molecule has 1 aliphatic rings. The largest absolute Gasteiger partial charge is 0.512 e. The molecular weight excluding hydrogens is 412 g/mol. The van der Waals surface area contributed by atoms with Gasteiger partial charge in [-0.1, -0.05) is 122 Å². The molecule has 1 unspecified atom stereocenters. The first kappa shape index (κ1) is 22.4. The van der Waals surface area contributed by atoms with E-state index in [0.717, 1.165) is 23.1 Å². The Morgan fingerprint density at radius 2 is 1.03 bits per heavy atom. The fourth-order valence-corrected chi connectivity index (χ4v) is 6.81. The molecule has 0 aliphatic heterocycles. The van der Waals surface area contributed by atoms with Gasteiger partial charge in [0.25, 0.3) is 0 Å². The zero-order valence-corrected chi connectivity index (χ0v) is 19.5. The highest BCUT2D eigenvalue weighted by atomic mass is 28.4. The lowest BCUT2D eigenvalue weighted by Gasteiger charge is -2.42. The molecule has 0 aromatic heterocycles. The van der Waals surface area contributed by atoms with Gasteiger partial charge < -0.3 is 13.3 Å². The van der Waals surface area contributed by atoms with Crippen molar-refractivity contribution in [3.63, 3.8) is 0 Å². The normalized spacial score (nSPS) is 18.0. The Morgan fingerprint density at radius 3 is 1.38 bits per heavy atom. The van der Waals surface area contributed by atoms with E-state index < -0.39 is 8.80 Å². The van der Waals surface area contributed by atoms with Crippen molar-refractivity contribution < 1.29 is 13.3 Å². The monoisotopic (exact) mass is 442 g/mol. The molecule has 0 saturated carbocycles. The van der Waals surface area contributed by atoms with Crippen LogP contribution in [0.4, 0.5) is 0 Å². The van der Waals surface area contributed by atoms with Gasteiger partial charge in [0.15, 0.2) is 0 Å². The predicted octanol–water partition coefficient (Wildman–Crippen LogP) is 6.85. The maximum absolute atomic E-state index is 6.71. The lowest BCUT2D eigenvalue weighted by Crippen LogP contribution is -2.54. The smallest absolute Gasteiger partial charge is 0.368 e. The Hall–Kier alpha value is -2.76. The summed E-state index contributed by atoms with van der Waals surface area (Å²) in [6.07, 6.45) is 9.33. The predicted molar refractivity (Wildman–Crippen MR) is 131 cm³/mol. The zero-order chi connectivity index (χ0) is 22.1. The zero-order valence-electron chi connectivity index (χ0n) is 18.5. The van der Waals surface area contributed by atoms with E-state index >= 15 is 0 Å². The number of hydrogen-bond donors (Lipinski definition) is 0. The van der Waals surface area contributed by atoms with Crippen LogP contribution in [0.3, 0.4) is 0 Å². The van der Waals surface area contributed by atoms with E-state index in [1.165, 1.54) is 0 Å². The SMILES string of the molecule is CC1([Si](OCc2ccccc2)(OCc2ccccc2)OCc2ccccc2)C=CC=CC1. The molecule has 0 heterocycles. The molecule has 0 bridgehead atoms. The molecule has 3 aromatic carbocycles. The maximum Gasteiger partial charge on any atom is 0.512 e. The molecule has 1 aliphatic carbocycles. The molecule has 0 fully saturated rings. The summed E-state index contributed by atoms with van der Waals surface area (Å²) in [5.41, 5.74) is 3.32. The summed E-state index contributed by atoms with van der Waals surface area (Å²) in [5, 5.41) is -0.361. The van der Waals surface area contributed by atoms with Crippen molar-refractivity contribution in [1.29, 1.82) is 0 Å². The summed E-state index contributed by atoms with van der Waals surface area (Å²) >= 11 is 0. The number of allylic oxidation sites excluding steroid dienone is 4. The van der Waals surface area contributed by atoms with Gasteiger partial charge in [-0.05, 0) is 23.1 Å². The standard InChI is InChI=1S/C28H30O3Si/c1-28(20-12-5-13-21-28)32(29-22-25-14-6-2-7-15-25,30-23-26-16-8-3-9-17-26)31-24-27-18-10-4-11-19-27/h2-20H,21-24H2,1H3. The lowest BCUT2D eigenvalue weighted by molar-refractivity contribution is 0.0256. The minimum atomic E-state index is -3.21. The molecule has 164 valence electrons. The quantitative estimate of drug-likeness (QED) is 0.321. The molecule has 3 nitrogen and oxygen atoms in total. The first-order valence-electron chi connectivity index (χ1n) is 11.1. The number of rotatable bonds is 10. The second-order valence-electron chi connectivity index (χ2n) is 8.29. The van der Waals surface area contributed by atoms with Crippen molar-refractivity contribution in [1.82, 2.24) is 0 Å². The highest BCUT2D eigenvalue weighted by Gasteiger charge is 2.57. The fraction of sp³-hybridized carbons (Fsp3) is 0.214. The molecule has 0 N–H and O–H groups in total. The second-order valence-corrected chi connectivity index (χ2v) is 11.4. The van der Waals surface area contributed by atoms with Gasteiger partial charge in [-0.2, -0.15) is 0 Å². The molecule has 3 aromatic rings. The van der Waals surface area contributed by atoms with Crippen molar-refractivity contribution in [2.24, 2.45) is 0 Å². The van der Waals surface area contributed by atoms with Gasteiger partial charge >= 0.3 is 8.80 Å². The lowest BCUT2D eigenvalue weighted by atomic mass is 10.0. The van der Waals surface area contributed by atoms with Crippen molar-refractivity contribution in [3.8, 4) is 0 Å². The molecule has 0 amide bonds. The van der Waals surface area contributed by atoms with E-state index in [0.29, 0.717) is 19.8 Å². The average Bonchev–Trinajstić information content (AvgIpc) is 2.86. The van der Waals surface area contributed by atoms with Gasteiger partial charge in [-0.25, -0.2) is 0 Å². The second kappa shape index (κ2) is 10.7. The molecule has 1 atom stereocenters. The van der Waals surface area contributed by atoms with Crippen LogP contribution in [0, 0.1) is 0 Å². The number of hydrogen-bond acceptors (Lipinski definition) is 3. The van der Waals surface area contributed by atoms with Crippen LogP contribution in [0.2, 0.25) is 5.04 Å². The van der Waals surface area contributed by atoms with Gasteiger partial charge in [-0.15, -0.1) is 0 Å². The number of benzene rings is 3. The van der Waals surface area contributed by atoms with E-state index in [1.54, 1.807) is 0 Å². The van der Waals surface area contributed by atoms with Crippen LogP contribution in [0.25, 0.3) is 0 Å². The summed E-state index contributed by atoms with van der Waals surface area (Å²) < 4.78 is 20.1. The third-order valence-corrected chi connectivity index (χ3v) is 9.11. The first-order chi connectivity index (χ1) is 15.7. The van der Waals surface area contributed by atoms with E-state index in [9.17, 15) is 0 Å². The Morgan fingerprint density at radius 1 is 0.625 bits per heavy atom. The highest BCUT2D eigenvalue weighted by Crippen LogP contribution is 2.47. The highest BCUT2D eigenvalue weighted by molar-refractivity contribution is 6.65. The van der Waals surface area contributed by atoms with E-state index in [4.69, 9.17) is 13.3 Å². The summed E-state index contributed by atoms with van der Waals surface area (Å²) in [7, 11) is -3.21. The molecule has 4 heteroatoms. The van der Waals surface area contributed by atoms with Crippen LogP contribution < -0.4 is 0 Å². The van der Waals surface area contributed by atoms with Crippen LogP contribution in [0.1, 0.15) is 30.0 Å². The molecule has 32 heavy (non-hydrogen) atoms. The van der Waals surface area contributed by atoms with Gasteiger partial charge in [0, 0.05) is 0 Å². The summed E-state index contributed by atoms with van der Waals surface area (Å²) in [5.74, 6) is 0. The third-order valence-electron chi connectivity index (χ3n) is 5.77. The van der Waals surface area contributed by atoms with Gasteiger partial charge in [0.2, 0.25) is 0 Å².